The van der Waals surface area contributed by atoms with Crippen LogP contribution >= 0.6 is 0 Å². The summed E-state index contributed by atoms with van der Waals surface area (Å²) in [7, 11) is 0. The van der Waals surface area contributed by atoms with E-state index in [0.717, 1.165) is 11.8 Å². The average molecular weight is 277 g/mol. The lowest BCUT2D eigenvalue weighted by Gasteiger charge is -2.33. The minimum Gasteiger partial charge on any atom is -0.508 e. The maximum absolute atomic E-state index is 11.3. The van der Waals surface area contributed by atoms with Crippen LogP contribution in [0.1, 0.15) is 18.4 Å². The second kappa shape index (κ2) is 6.52. The number of aliphatic carboxylic acids is 1. The number of phenolic OH excluding ortho intramolecular Hbond substituents is 1. The molecule has 1 aromatic carbocycles. The van der Waals surface area contributed by atoms with Crippen molar-refractivity contribution in [3.05, 3.63) is 29.8 Å². The van der Waals surface area contributed by atoms with Crippen molar-refractivity contribution in [2.24, 2.45) is 5.92 Å². The van der Waals surface area contributed by atoms with E-state index in [9.17, 15) is 14.7 Å². The zero-order valence-corrected chi connectivity index (χ0v) is 11.2. The predicted molar refractivity (Wildman–Crippen MR) is 73.6 cm³/mol. The Morgan fingerprint density at radius 2 is 2.10 bits per heavy atom. The molecule has 0 spiro atoms. The second-order valence-corrected chi connectivity index (χ2v) is 5.23. The van der Waals surface area contributed by atoms with Gasteiger partial charge in [-0.05, 0) is 50.0 Å². The third kappa shape index (κ3) is 3.57. The van der Waals surface area contributed by atoms with Crippen molar-refractivity contribution in [1.82, 2.24) is 4.90 Å². The molecule has 1 heterocycles. The van der Waals surface area contributed by atoms with Gasteiger partial charge in [0.1, 0.15) is 12.0 Å². The molecule has 1 aliphatic heterocycles. The molecule has 0 radical (unpaired) electrons. The largest absolute Gasteiger partial charge is 0.508 e. The van der Waals surface area contributed by atoms with Gasteiger partial charge in [0.05, 0.1) is 12.0 Å². The summed E-state index contributed by atoms with van der Waals surface area (Å²) in [5, 5.41) is 18.4. The monoisotopic (exact) mass is 277 g/mol. The highest BCUT2D eigenvalue weighted by Crippen LogP contribution is 2.21. The normalized spacial score (nSPS) is 18.6. The molecular formula is C15H19NO4. The molecule has 1 atom stereocenters. The van der Waals surface area contributed by atoms with Gasteiger partial charge in [-0.1, -0.05) is 12.1 Å². The van der Waals surface area contributed by atoms with Crippen molar-refractivity contribution < 1.29 is 19.8 Å². The molecule has 1 aliphatic rings. The molecule has 5 nitrogen and oxygen atoms in total. The number of rotatable bonds is 5. The summed E-state index contributed by atoms with van der Waals surface area (Å²) in [6, 6.07) is 6.62. The molecular weight excluding hydrogens is 258 g/mol. The van der Waals surface area contributed by atoms with E-state index in [1.807, 2.05) is 11.0 Å². The number of carbonyl (C=O) groups excluding carboxylic acids is 1. The van der Waals surface area contributed by atoms with Crippen LogP contribution in [0.5, 0.6) is 5.75 Å². The fourth-order valence-electron chi connectivity index (χ4n) is 2.67. The van der Waals surface area contributed by atoms with Gasteiger partial charge in [0.15, 0.2) is 0 Å². The molecule has 1 saturated heterocycles. The summed E-state index contributed by atoms with van der Waals surface area (Å²) < 4.78 is 0. The number of hydrogen-bond acceptors (Lipinski definition) is 4. The molecule has 0 amide bonds. The van der Waals surface area contributed by atoms with Gasteiger partial charge in [-0.2, -0.15) is 0 Å². The summed E-state index contributed by atoms with van der Waals surface area (Å²) in [6.07, 6.45) is 2.61. The summed E-state index contributed by atoms with van der Waals surface area (Å²) in [6.45, 7) is 1.25. The third-order valence-electron chi connectivity index (χ3n) is 3.86. The molecule has 0 saturated carbocycles. The van der Waals surface area contributed by atoms with Gasteiger partial charge in [-0.3, -0.25) is 9.69 Å². The van der Waals surface area contributed by atoms with Crippen LogP contribution < -0.4 is 0 Å². The molecule has 108 valence electrons. The van der Waals surface area contributed by atoms with Crippen LogP contribution in [0.4, 0.5) is 0 Å². The Morgan fingerprint density at radius 1 is 1.40 bits per heavy atom. The lowest BCUT2D eigenvalue weighted by molar-refractivity contribution is -0.143. The van der Waals surface area contributed by atoms with Crippen molar-refractivity contribution in [1.29, 1.82) is 0 Å². The number of carboxylic acid groups (broad SMARTS) is 1. The molecule has 0 aromatic heterocycles. The highest BCUT2D eigenvalue weighted by atomic mass is 16.4. The van der Waals surface area contributed by atoms with E-state index in [-0.39, 0.29) is 17.7 Å². The molecule has 1 aromatic rings. The standard InChI is InChI=1S/C15H19NO4/c17-10-13(8-11-2-1-3-14(18)9-11)16-6-4-12(5-7-16)15(19)20/h1-3,9-10,12-13,18H,4-8H2,(H,19,20). The number of aromatic hydroxyl groups is 1. The molecule has 0 bridgehead atoms. The summed E-state index contributed by atoms with van der Waals surface area (Å²) in [4.78, 5) is 24.2. The fourth-order valence-corrected chi connectivity index (χ4v) is 2.67. The van der Waals surface area contributed by atoms with Gasteiger partial charge in [0, 0.05) is 0 Å². The fraction of sp³-hybridized carbons (Fsp3) is 0.467. The topological polar surface area (TPSA) is 77.8 Å². The number of nitrogens with zero attached hydrogens (tertiary/aromatic N) is 1. The highest BCUT2D eigenvalue weighted by Gasteiger charge is 2.28. The van der Waals surface area contributed by atoms with E-state index in [2.05, 4.69) is 0 Å². The molecule has 1 unspecified atom stereocenters. The molecule has 5 heteroatoms. The quantitative estimate of drug-likeness (QED) is 0.793. The van der Waals surface area contributed by atoms with Gasteiger partial charge < -0.3 is 15.0 Å². The average Bonchev–Trinajstić information content (AvgIpc) is 2.45. The number of piperidine rings is 1. The van der Waals surface area contributed by atoms with Crippen LogP contribution in [-0.2, 0) is 16.0 Å². The SMILES string of the molecule is O=CC(Cc1cccc(O)c1)N1CCC(C(=O)O)CC1. The molecule has 0 aliphatic carbocycles. The summed E-state index contributed by atoms with van der Waals surface area (Å²) in [5.74, 6) is -0.851. The van der Waals surface area contributed by atoms with Crippen LogP contribution in [0.2, 0.25) is 0 Å². The molecule has 20 heavy (non-hydrogen) atoms. The van der Waals surface area contributed by atoms with E-state index in [1.54, 1.807) is 18.2 Å². The Hall–Kier alpha value is -1.88. The Kier molecular flexibility index (Phi) is 4.74. The van der Waals surface area contributed by atoms with Gasteiger partial charge in [-0.25, -0.2) is 0 Å². The van der Waals surface area contributed by atoms with Gasteiger partial charge in [-0.15, -0.1) is 0 Å². The zero-order chi connectivity index (χ0) is 14.5. The third-order valence-corrected chi connectivity index (χ3v) is 3.86. The van der Waals surface area contributed by atoms with Gasteiger partial charge >= 0.3 is 5.97 Å². The van der Waals surface area contributed by atoms with Gasteiger partial charge in [0.2, 0.25) is 0 Å². The van der Waals surface area contributed by atoms with E-state index in [1.165, 1.54) is 0 Å². The van der Waals surface area contributed by atoms with Crippen molar-refractivity contribution in [2.75, 3.05) is 13.1 Å². The lowest BCUT2D eigenvalue weighted by Crippen LogP contribution is -2.44. The Bertz CT molecular complexity index is 481. The number of benzene rings is 1. The van der Waals surface area contributed by atoms with Crippen molar-refractivity contribution in [3.63, 3.8) is 0 Å². The van der Waals surface area contributed by atoms with Crippen molar-refractivity contribution >= 4 is 12.3 Å². The highest BCUT2D eigenvalue weighted by molar-refractivity contribution is 5.70. The van der Waals surface area contributed by atoms with Crippen LogP contribution in [0.25, 0.3) is 0 Å². The summed E-state index contributed by atoms with van der Waals surface area (Å²) >= 11 is 0. The number of phenols is 1. The number of likely N-dealkylation sites (tertiary alicyclic amines) is 1. The first-order valence-corrected chi connectivity index (χ1v) is 6.80. The smallest absolute Gasteiger partial charge is 0.306 e. The van der Waals surface area contributed by atoms with Crippen LogP contribution in [-0.4, -0.2) is 46.5 Å². The zero-order valence-electron chi connectivity index (χ0n) is 11.2. The first-order chi connectivity index (χ1) is 9.60. The molecule has 2 rings (SSSR count). The second-order valence-electron chi connectivity index (χ2n) is 5.23. The summed E-state index contributed by atoms with van der Waals surface area (Å²) in [5.41, 5.74) is 0.905. The van der Waals surface area contributed by atoms with Crippen LogP contribution in [0.15, 0.2) is 24.3 Å². The first-order valence-electron chi connectivity index (χ1n) is 6.80. The van der Waals surface area contributed by atoms with Crippen molar-refractivity contribution in [2.45, 2.75) is 25.3 Å². The van der Waals surface area contributed by atoms with Crippen LogP contribution in [0, 0.1) is 5.92 Å². The molecule has 1 fully saturated rings. The Balaban J connectivity index is 1.96. The van der Waals surface area contributed by atoms with E-state index in [0.29, 0.717) is 32.4 Å². The first kappa shape index (κ1) is 14.5. The minimum absolute atomic E-state index is 0.191. The Morgan fingerprint density at radius 3 is 2.65 bits per heavy atom. The van der Waals surface area contributed by atoms with E-state index >= 15 is 0 Å². The van der Waals surface area contributed by atoms with E-state index in [4.69, 9.17) is 5.11 Å². The number of aldehydes is 1. The molecule has 2 N–H and O–H groups in total. The minimum atomic E-state index is -0.750. The van der Waals surface area contributed by atoms with Gasteiger partial charge in [0.25, 0.3) is 0 Å². The maximum atomic E-state index is 11.3. The Labute approximate surface area is 117 Å². The number of carbonyl (C=O) groups is 2. The predicted octanol–water partition coefficient (Wildman–Crippen LogP) is 1.30. The maximum Gasteiger partial charge on any atom is 0.306 e. The van der Waals surface area contributed by atoms with E-state index < -0.39 is 5.97 Å². The van der Waals surface area contributed by atoms with Crippen molar-refractivity contribution in [3.8, 4) is 5.75 Å². The lowest BCUT2D eigenvalue weighted by atomic mass is 9.95. The number of carboxylic acids is 1. The number of hydrogen-bond donors (Lipinski definition) is 2. The van der Waals surface area contributed by atoms with Crippen LogP contribution in [0.3, 0.4) is 0 Å².